The summed E-state index contributed by atoms with van der Waals surface area (Å²) in [5.74, 6) is -0.159. The maximum absolute atomic E-state index is 14.0. The van der Waals surface area contributed by atoms with Crippen LogP contribution in [0.4, 0.5) is 0 Å². The molecule has 0 saturated heterocycles. The molecule has 0 radical (unpaired) electrons. The number of hydrogen-bond donors (Lipinski definition) is 0. The van der Waals surface area contributed by atoms with Crippen molar-refractivity contribution in [2.24, 2.45) is 4.99 Å². The van der Waals surface area contributed by atoms with E-state index in [2.05, 4.69) is 11.1 Å². The number of halogens is 2. The number of ether oxygens (including phenoxy) is 2. The van der Waals surface area contributed by atoms with Crippen LogP contribution in [0.15, 0.2) is 81.7 Å². The van der Waals surface area contributed by atoms with Crippen LogP contribution in [0.3, 0.4) is 0 Å². The third kappa shape index (κ3) is 5.90. The molecule has 0 saturated carbocycles. The monoisotopic (exact) mass is 617 g/mol. The van der Waals surface area contributed by atoms with Crippen LogP contribution in [0.5, 0.6) is 5.75 Å². The van der Waals surface area contributed by atoms with Gasteiger partial charge in [0.05, 0.1) is 45.1 Å². The number of allylic oxidation sites excluding steroid dienone is 1. The summed E-state index contributed by atoms with van der Waals surface area (Å²) in [4.78, 5) is 32.2. The predicted octanol–water partition coefficient (Wildman–Crippen LogP) is 5.86. The SMILES string of the molecule is CCOC(=O)C1=C(C)N=c2s/c(=C\c3cc(Cl)cc(Cl)c3OCc3ccc(C#N)cc3)c(=O)n2[C@H]1c1ccc(C)cc1. The summed E-state index contributed by atoms with van der Waals surface area (Å²) in [6, 6.07) is 19.3. The van der Waals surface area contributed by atoms with Crippen molar-refractivity contribution in [2.75, 3.05) is 6.61 Å². The lowest BCUT2D eigenvalue weighted by atomic mass is 9.95. The summed E-state index contributed by atoms with van der Waals surface area (Å²) >= 11 is 14.1. The van der Waals surface area contributed by atoms with Crippen molar-refractivity contribution in [3.8, 4) is 11.8 Å². The minimum absolute atomic E-state index is 0.185. The number of benzene rings is 3. The van der Waals surface area contributed by atoms with Crippen LogP contribution in [0.25, 0.3) is 6.08 Å². The Bertz CT molecular complexity index is 1940. The first-order valence-corrected chi connectivity index (χ1v) is 14.6. The summed E-state index contributed by atoms with van der Waals surface area (Å²) in [7, 11) is 0. The molecule has 3 aromatic carbocycles. The number of carbonyl (C=O) groups excluding carboxylic acids is 1. The molecule has 1 aliphatic heterocycles. The van der Waals surface area contributed by atoms with Crippen LogP contribution in [-0.4, -0.2) is 17.1 Å². The van der Waals surface area contributed by atoms with Crippen LogP contribution >= 0.6 is 34.5 Å². The summed E-state index contributed by atoms with van der Waals surface area (Å²) in [6.45, 7) is 5.84. The van der Waals surface area contributed by atoms with E-state index in [0.29, 0.717) is 42.5 Å². The fourth-order valence-electron chi connectivity index (χ4n) is 4.67. The first kappa shape index (κ1) is 29.3. The summed E-state index contributed by atoms with van der Waals surface area (Å²) in [5.41, 5.74) is 4.20. The Labute approximate surface area is 256 Å². The Morgan fingerprint density at radius 3 is 2.50 bits per heavy atom. The molecule has 2 heterocycles. The molecule has 0 spiro atoms. The molecular weight excluding hydrogens is 593 g/mol. The van der Waals surface area contributed by atoms with Crippen molar-refractivity contribution < 1.29 is 14.3 Å². The molecule has 1 atom stereocenters. The van der Waals surface area contributed by atoms with Gasteiger partial charge in [0.1, 0.15) is 12.4 Å². The fourth-order valence-corrected chi connectivity index (χ4v) is 6.27. The van der Waals surface area contributed by atoms with E-state index < -0.39 is 12.0 Å². The Balaban J connectivity index is 1.62. The van der Waals surface area contributed by atoms with Crippen LogP contribution in [-0.2, 0) is 16.1 Å². The number of fused-ring (bicyclic) bond motifs is 1. The van der Waals surface area contributed by atoms with E-state index in [9.17, 15) is 9.59 Å². The standard InChI is InChI=1S/C32H25Cl2N3O4S/c1-4-40-31(39)27-19(3)36-32-37(28(27)22-11-5-18(2)6-12-22)30(38)26(42-32)14-23-13-24(33)15-25(34)29(23)41-17-21-9-7-20(16-35)8-10-21/h5-15,28H,4,17H2,1-3H3/b26-14-/t28-/m0/s1. The van der Waals surface area contributed by atoms with Crippen LogP contribution < -0.4 is 19.6 Å². The molecule has 212 valence electrons. The van der Waals surface area contributed by atoms with E-state index in [4.69, 9.17) is 37.9 Å². The molecule has 0 N–H and O–H groups in total. The van der Waals surface area contributed by atoms with E-state index in [1.165, 1.54) is 15.9 Å². The van der Waals surface area contributed by atoms with Crippen molar-refractivity contribution >= 4 is 46.6 Å². The van der Waals surface area contributed by atoms with E-state index >= 15 is 0 Å². The molecule has 0 bridgehead atoms. The van der Waals surface area contributed by atoms with Gasteiger partial charge < -0.3 is 9.47 Å². The molecule has 5 rings (SSSR count). The van der Waals surface area contributed by atoms with Crippen molar-refractivity contribution in [1.82, 2.24) is 4.57 Å². The number of aromatic nitrogens is 1. The molecule has 1 aromatic heterocycles. The molecule has 4 aromatic rings. The van der Waals surface area contributed by atoms with Gasteiger partial charge in [0.2, 0.25) is 0 Å². The first-order valence-electron chi connectivity index (χ1n) is 13.1. The maximum atomic E-state index is 14.0. The van der Waals surface area contributed by atoms with Gasteiger partial charge in [0, 0.05) is 10.6 Å². The number of carbonyl (C=O) groups is 1. The molecule has 0 unspecified atom stereocenters. The van der Waals surface area contributed by atoms with Gasteiger partial charge in [-0.25, -0.2) is 9.79 Å². The summed E-state index contributed by atoms with van der Waals surface area (Å²) in [5, 5.41) is 9.72. The maximum Gasteiger partial charge on any atom is 0.338 e. The van der Waals surface area contributed by atoms with E-state index in [0.717, 1.165) is 16.7 Å². The van der Waals surface area contributed by atoms with Gasteiger partial charge in [0.15, 0.2) is 4.80 Å². The summed E-state index contributed by atoms with van der Waals surface area (Å²) < 4.78 is 13.4. The molecule has 0 fully saturated rings. The average Bonchev–Trinajstić information content (AvgIpc) is 3.26. The molecule has 0 amide bonds. The van der Waals surface area contributed by atoms with Gasteiger partial charge in [-0.1, -0.05) is 76.5 Å². The van der Waals surface area contributed by atoms with Crippen LogP contribution in [0.1, 0.15) is 47.7 Å². The number of thiazole rings is 1. The molecule has 10 heteroatoms. The second kappa shape index (κ2) is 12.4. The number of nitriles is 1. The third-order valence-electron chi connectivity index (χ3n) is 6.70. The smallest absolute Gasteiger partial charge is 0.338 e. The Kier molecular flexibility index (Phi) is 8.64. The molecule has 42 heavy (non-hydrogen) atoms. The third-order valence-corrected chi connectivity index (χ3v) is 8.18. The number of hydrogen-bond acceptors (Lipinski definition) is 7. The number of esters is 1. The lowest BCUT2D eigenvalue weighted by Crippen LogP contribution is -2.39. The topological polar surface area (TPSA) is 93.7 Å². The second-order valence-corrected chi connectivity index (χ2v) is 11.5. The van der Waals surface area contributed by atoms with Crippen molar-refractivity contribution in [3.63, 3.8) is 0 Å². The number of nitrogens with zero attached hydrogens (tertiary/aromatic N) is 3. The largest absolute Gasteiger partial charge is 0.487 e. The van der Waals surface area contributed by atoms with E-state index in [1.54, 1.807) is 56.3 Å². The summed E-state index contributed by atoms with van der Waals surface area (Å²) in [6.07, 6.45) is 1.67. The zero-order valence-electron chi connectivity index (χ0n) is 23.0. The highest BCUT2D eigenvalue weighted by molar-refractivity contribution is 7.07. The normalized spacial score (nSPS) is 14.7. The highest BCUT2D eigenvalue weighted by Gasteiger charge is 2.33. The minimum atomic E-state index is -0.710. The highest BCUT2D eigenvalue weighted by Crippen LogP contribution is 2.34. The Hall–Kier alpha value is -4.16. The van der Waals surface area contributed by atoms with Gasteiger partial charge in [-0.2, -0.15) is 5.26 Å². The van der Waals surface area contributed by atoms with E-state index in [-0.39, 0.29) is 23.8 Å². The number of aryl methyl sites for hydroxylation is 1. The zero-order valence-corrected chi connectivity index (χ0v) is 25.3. The molecule has 1 aliphatic rings. The molecular formula is C32H25Cl2N3O4S. The van der Waals surface area contributed by atoms with Gasteiger partial charge in [-0.15, -0.1) is 0 Å². The Morgan fingerprint density at radius 1 is 1.12 bits per heavy atom. The zero-order chi connectivity index (χ0) is 30.0. The molecule has 7 nitrogen and oxygen atoms in total. The quantitative estimate of drug-likeness (QED) is 0.242. The van der Waals surface area contributed by atoms with E-state index in [1.807, 2.05) is 31.2 Å². The average molecular weight is 619 g/mol. The van der Waals surface area contributed by atoms with Crippen LogP contribution in [0.2, 0.25) is 10.0 Å². The Morgan fingerprint density at radius 2 is 1.83 bits per heavy atom. The molecule has 0 aliphatic carbocycles. The lowest BCUT2D eigenvalue weighted by Gasteiger charge is -2.24. The van der Waals surface area contributed by atoms with Crippen LogP contribution in [0, 0.1) is 18.3 Å². The second-order valence-electron chi connectivity index (χ2n) is 9.62. The van der Waals surface area contributed by atoms with Gasteiger partial charge in [0.25, 0.3) is 5.56 Å². The van der Waals surface area contributed by atoms with Crippen molar-refractivity contribution in [3.05, 3.63) is 129 Å². The minimum Gasteiger partial charge on any atom is -0.487 e. The van der Waals surface area contributed by atoms with Gasteiger partial charge >= 0.3 is 5.97 Å². The fraction of sp³-hybridized carbons (Fsp3) is 0.188. The van der Waals surface area contributed by atoms with Crippen molar-refractivity contribution in [1.29, 1.82) is 5.26 Å². The highest BCUT2D eigenvalue weighted by atomic mass is 35.5. The van der Waals surface area contributed by atoms with Gasteiger partial charge in [-0.3, -0.25) is 9.36 Å². The van der Waals surface area contributed by atoms with Crippen molar-refractivity contribution in [2.45, 2.75) is 33.4 Å². The van der Waals surface area contributed by atoms with Gasteiger partial charge in [-0.05, 0) is 62.2 Å². The predicted molar refractivity (Wildman–Crippen MR) is 164 cm³/mol. The number of rotatable bonds is 7. The lowest BCUT2D eigenvalue weighted by molar-refractivity contribution is -0.139. The first-order chi connectivity index (χ1) is 20.2.